The van der Waals surface area contributed by atoms with Gasteiger partial charge in [0, 0.05) is 30.2 Å². The molecule has 8 heteroatoms. The maximum absolute atomic E-state index is 13.1. The molecule has 0 radical (unpaired) electrons. The molecular formula is C26H25N5O3. The first-order valence-corrected chi connectivity index (χ1v) is 11.2. The van der Waals surface area contributed by atoms with Gasteiger partial charge in [0.1, 0.15) is 5.75 Å². The summed E-state index contributed by atoms with van der Waals surface area (Å²) in [6, 6.07) is 18.7. The number of pyridine rings is 1. The van der Waals surface area contributed by atoms with Crippen LogP contribution in [0.25, 0.3) is 16.7 Å². The second-order valence-electron chi connectivity index (χ2n) is 8.44. The van der Waals surface area contributed by atoms with Gasteiger partial charge in [-0.2, -0.15) is 5.10 Å². The van der Waals surface area contributed by atoms with Crippen molar-refractivity contribution in [2.24, 2.45) is 0 Å². The van der Waals surface area contributed by atoms with Crippen LogP contribution in [-0.2, 0) is 4.79 Å². The lowest BCUT2D eigenvalue weighted by Crippen LogP contribution is -2.35. The van der Waals surface area contributed by atoms with Crippen molar-refractivity contribution in [1.82, 2.24) is 19.7 Å². The number of ether oxygens (including phenoxy) is 1. The Labute approximate surface area is 197 Å². The highest BCUT2D eigenvalue weighted by atomic mass is 16.5. The minimum atomic E-state index is -0.286. The molecule has 2 amide bonds. The van der Waals surface area contributed by atoms with Gasteiger partial charge in [-0.1, -0.05) is 18.2 Å². The molecule has 2 aromatic heterocycles. The molecule has 1 aliphatic carbocycles. The Morgan fingerprint density at radius 1 is 1.12 bits per heavy atom. The molecule has 34 heavy (non-hydrogen) atoms. The van der Waals surface area contributed by atoms with Gasteiger partial charge in [-0.15, -0.1) is 0 Å². The number of hydrogen-bond donors (Lipinski definition) is 1. The van der Waals surface area contributed by atoms with Crippen molar-refractivity contribution >= 4 is 28.5 Å². The maximum Gasteiger partial charge on any atom is 0.255 e. The summed E-state index contributed by atoms with van der Waals surface area (Å²) in [6.45, 7) is -0.0817. The van der Waals surface area contributed by atoms with Gasteiger partial charge < -0.3 is 15.0 Å². The van der Waals surface area contributed by atoms with Gasteiger partial charge in [0.2, 0.25) is 5.91 Å². The third-order valence-electron chi connectivity index (χ3n) is 5.86. The van der Waals surface area contributed by atoms with Gasteiger partial charge in [0.15, 0.2) is 5.65 Å². The Bertz CT molecular complexity index is 1340. The third kappa shape index (κ3) is 4.34. The SMILES string of the molecule is COc1ccc(NC(=O)CN(C)C(=O)c2cnc3c(c2)c(C2CC2)nn3-c2ccccc2)cc1. The van der Waals surface area contributed by atoms with Crippen LogP contribution in [0, 0.1) is 0 Å². The molecule has 0 atom stereocenters. The van der Waals surface area contributed by atoms with Crippen LogP contribution in [-0.4, -0.2) is 52.2 Å². The van der Waals surface area contributed by atoms with E-state index in [2.05, 4.69) is 10.3 Å². The normalized spacial score (nSPS) is 13.0. The Morgan fingerprint density at radius 2 is 1.85 bits per heavy atom. The molecule has 0 bridgehead atoms. The highest BCUT2D eigenvalue weighted by Crippen LogP contribution is 2.42. The quantitative estimate of drug-likeness (QED) is 0.455. The van der Waals surface area contributed by atoms with Gasteiger partial charge in [0.25, 0.3) is 5.91 Å². The van der Waals surface area contributed by atoms with Crippen molar-refractivity contribution in [3.63, 3.8) is 0 Å². The Kier molecular flexibility index (Phi) is 5.71. The number of methoxy groups -OCH3 is 1. The standard InChI is InChI=1S/C26H25N5O3/c1-30(16-23(32)28-19-10-12-21(34-2)13-11-19)26(33)18-14-22-24(17-8-9-17)29-31(25(22)27-15-18)20-6-4-3-5-7-20/h3-7,10-15,17H,8-9,16H2,1-2H3,(H,28,32). The summed E-state index contributed by atoms with van der Waals surface area (Å²) in [4.78, 5) is 31.6. The lowest BCUT2D eigenvalue weighted by Gasteiger charge is -2.17. The number of fused-ring (bicyclic) bond motifs is 1. The fourth-order valence-electron chi connectivity index (χ4n) is 3.93. The molecule has 0 spiro atoms. The number of amides is 2. The van der Waals surface area contributed by atoms with E-state index in [1.165, 1.54) is 4.90 Å². The number of carbonyl (C=O) groups is 2. The number of carbonyl (C=O) groups excluding carboxylic acids is 2. The monoisotopic (exact) mass is 455 g/mol. The minimum Gasteiger partial charge on any atom is -0.497 e. The molecule has 5 rings (SSSR count). The van der Waals surface area contributed by atoms with Crippen LogP contribution < -0.4 is 10.1 Å². The first kappa shape index (κ1) is 21.6. The molecule has 4 aromatic rings. The Morgan fingerprint density at radius 3 is 2.53 bits per heavy atom. The van der Waals surface area contributed by atoms with E-state index < -0.39 is 0 Å². The second-order valence-corrected chi connectivity index (χ2v) is 8.44. The molecule has 1 saturated carbocycles. The van der Waals surface area contributed by atoms with Crippen molar-refractivity contribution in [2.45, 2.75) is 18.8 Å². The van der Waals surface area contributed by atoms with Crippen molar-refractivity contribution in [3.05, 3.63) is 78.1 Å². The zero-order valence-electron chi connectivity index (χ0n) is 19.1. The lowest BCUT2D eigenvalue weighted by atomic mass is 10.1. The topological polar surface area (TPSA) is 89.3 Å². The highest BCUT2D eigenvalue weighted by Gasteiger charge is 2.30. The molecule has 8 nitrogen and oxygen atoms in total. The molecule has 172 valence electrons. The van der Waals surface area contributed by atoms with Gasteiger partial charge >= 0.3 is 0 Å². The van der Waals surface area contributed by atoms with Crippen molar-refractivity contribution in [1.29, 1.82) is 0 Å². The largest absolute Gasteiger partial charge is 0.497 e. The van der Waals surface area contributed by atoms with Gasteiger partial charge in [-0.3, -0.25) is 9.59 Å². The average molecular weight is 456 g/mol. The summed E-state index contributed by atoms with van der Waals surface area (Å²) in [7, 11) is 3.19. The van der Waals surface area contributed by atoms with Gasteiger partial charge in [-0.25, -0.2) is 9.67 Å². The number of likely N-dealkylation sites (N-methyl/N-ethyl adjacent to an activating group) is 1. The average Bonchev–Trinajstić information content (AvgIpc) is 3.64. The number of nitrogens with zero attached hydrogens (tertiary/aromatic N) is 4. The molecule has 1 aliphatic rings. The zero-order chi connectivity index (χ0) is 23.7. The molecule has 0 unspecified atom stereocenters. The second kappa shape index (κ2) is 8.97. The van der Waals surface area contributed by atoms with E-state index in [1.807, 2.05) is 41.1 Å². The summed E-state index contributed by atoms with van der Waals surface area (Å²) >= 11 is 0. The number of aromatic nitrogens is 3. The first-order chi connectivity index (χ1) is 16.5. The summed E-state index contributed by atoms with van der Waals surface area (Å²) in [6.07, 6.45) is 3.73. The number of benzene rings is 2. The molecule has 2 aromatic carbocycles. The van der Waals surface area contributed by atoms with E-state index in [-0.39, 0.29) is 18.4 Å². The van der Waals surface area contributed by atoms with Crippen molar-refractivity contribution in [2.75, 3.05) is 26.0 Å². The van der Waals surface area contributed by atoms with Crippen LogP contribution >= 0.6 is 0 Å². The first-order valence-electron chi connectivity index (χ1n) is 11.2. The van der Waals surface area contributed by atoms with Crippen molar-refractivity contribution < 1.29 is 14.3 Å². The Hall–Kier alpha value is -4.20. The maximum atomic E-state index is 13.1. The van der Waals surface area contributed by atoms with Crippen LogP contribution in [0.15, 0.2) is 66.9 Å². The molecule has 0 aliphatic heterocycles. The van der Waals surface area contributed by atoms with E-state index in [1.54, 1.807) is 44.6 Å². The van der Waals surface area contributed by atoms with E-state index in [9.17, 15) is 9.59 Å². The number of para-hydroxylation sites is 1. The van der Waals surface area contributed by atoms with Crippen LogP contribution in [0.1, 0.15) is 34.8 Å². The Balaban J connectivity index is 1.35. The van der Waals surface area contributed by atoms with Gasteiger partial charge in [0.05, 0.1) is 30.6 Å². The predicted octanol–water partition coefficient (Wildman–Crippen LogP) is 4.02. The van der Waals surface area contributed by atoms with Crippen LogP contribution in [0.4, 0.5) is 5.69 Å². The predicted molar refractivity (Wildman–Crippen MR) is 129 cm³/mol. The van der Waals surface area contributed by atoms with Crippen LogP contribution in [0.2, 0.25) is 0 Å². The van der Waals surface area contributed by atoms with Crippen LogP contribution in [0.5, 0.6) is 5.75 Å². The van der Waals surface area contributed by atoms with Crippen LogP contribution in [0.3, 0.4) is 0 Å². The van der Waals surface area contributed by atoms with E-state index in [0.717, 1.165) is 35.3 Å². The fraction of sp³-hybridized carbons (Fsp3) is 0.231. The summed E-state index contributed by atoms with van der Waals surface area (Å²) in [5, 5.41) is 8.51. The molecule has 2 heterocycles. The number of nitrogens with one attached hydrogen (secondary N) is 1. The summed E-state index contributed by atoms with van der Waals surface area (Å²) in [5.74, 6) is 0.543. The molecule has 1 N–H and O–H groups in total. The van der Waals surface area contributed by atoms with E-state index >= 15 is 0 Å². The highest BCUT2D eigenvalue weighted by molar-refractivity contribution is 6.01. The fourth-order valence-corrected chi connectivity index (χ4v) is 3.93. The van der Waals surface area contributed by atoms with E-state index in [4.69, 9.17) is 9.84 Å². The lowest BCUT2D eigenvalue weighted by molar-refractivity contribution is -0.116. The molecule has 1 fully saturated rings. The number of rotatable bonds is 7. The molecule has 0 saturated heterocycles. The van der Waals surface area contributed by atoms with E-state index in [0.29, 0.717) is 22.9 Å². The smallest absolute Gasteiger partial charge is 0.255 e. The van der Waals surface area contributed by atoms with Gasteiger partial charge in [-0.05, 0) is 55.3 Å². The number of anilines is 1. The number of hydrogen-bond acceptors (Lipinski definition) is 5. The summed E-state index contributed by atoms with van der Waals surface area (Å²) in [5.41, 5.74) is 3.70. The van der Waals surface area contributed by atoms with Crippen molar-refractivity contribution in [3.8, 4) is 11.4 Å². The summed E-state index contributed by atoms with van der Waals surface area (Å²) < 4.78 is 6.96. The zero-order valence-corrected chi connectivity index (χ0v) is 19.1. The molecular weight excluding hydrogens is 430 g/mol. The minimum absolute atomic E-state index is 0.0817. The third-order valence-corrected chi connectivity index (χ3v) is 5.86.